The fraction of sp³-hybridized carbons (Fsp3) is 0.529. The van der Waals surface area contributed by atoms with Gasteiger partial charge in [-0.3, -0.25) is 0 Å². The van der Waals surface area contributed by atoms with Crippen LogP contribution in [0.3, 0.4) is 0 Å². The zero-order valence-corrected chi connectivity index (χ0v) is 17.0. The summed E-state index contributed by atoms with van der Waals surface area (Å²) in [6.45, 7) is 11.4. The van der Waals surface area contributed by atoms with E-state index < -0.39 is 20.8 Å². The number of fused-ring (bicyclic) bond motifs is 1. The van der Waals surface area contributed by atoms with Crippen molar-refractivity contribution in [1.29, 1.82) is 0 Å². The molecular weight excluding hydrogens is 366 g/mol. The number of rotatable bonds is 3. The van der Waals surface area contributed by atoms with Gasteiger partial charge in [0, 0.05) is 0 Å². The van der Waals surface area contributed by atoms with Gasteiger partial charge >= 0.3 is 37.9 Å². The van der Waals surface area contributed by atoms with Crippen LogP contribution in [-0.2, 0) is 27.3 Å². The van der Waals surface area contributed by atoms with Crippen molar-refractivity contribution in [3.63, 3.8) is 0 Å². The number of benzene rings is 1. The Bertz CT molecular complexity index is 476. The molecule has 2 rings (SSSR count). The van der Waals surface area contributed by atoms with Gasteiger partial charge in [0.1, 0.15) is 0 Å². The normalized spacial score (nSPS) is 12.9. The fourth-order valence-corrected chi connectivity index (χ4v) is 2.62. The monoisotopic (exact) mass is 388 g/mol. The number of allylic oxidation sites excluding steroid dienone is 1. The number of halogens is 2. The van der Waals surface area contributed by atoms with Crippen molar-refractivity contribution in [2.45, 2.75) is 59.3 Å². The van der Waals surface area contributed by atoms with Crippen molar-refractivity contribution in [2.75, 3.05) is 0 Å². The SMILES string of the molecule is CCC1=Cc2c(cc(C(C)C)cc2C(C)C)C1.[Cl][Zr][Cl]. The van der Waals surface area contributed by atoms with E-state index in [0.29, 0.717) is 11.8 Å². The molecule has 20 heavy (non-hydrogen) atoms. The second kappa shape index (κ2) is 8.77. The van der Waals surface area contributed by atoms with Gasteiger partial charge in [0.2, 0.25) is 0 Å². The van der Waals surface area contributed by atoms with Crippen LogP contribution >= 0.6 is 17.0 Å². The van der Waals surface area contributed by atoms with Crippen LogP contribution in [0.1, 0.15) is 75.1 Å². The summed E-state index contributed by atoms with van der Waals surface area (Å²) in [6.07, 6.45) is 4.78. The third kappa shape index (κ3) is 4.72. The molecule has 0 nitrogen and oxygen atoms in total. The minimum absolute atomic E-state index is 0.620. The Hall–Kier alpha value is 0.423. The van der Waals surface area contributed by atoms with Gasteiger partial charge in [-0.15, -0.1) is 0 Å². The second-order valence-corrected chi connectivity index (χ2v) is 9.63. The summed E-state index contributed by atoms with van der Waals surface area (Å²) in [5.74, 6) is 1.25. The predicted molar refractivity (Wildman–Crippen MR) is 88.3 cm³/mol. The first-order chi connectivity index (χ1) is 9.44. The first kappa shape index (κ1) is 18.5. The van der Waals surface area contributed by atoms with Crippen LogP contribution in [0.15, 0.2) is 17.7 Å². The van der Waals surface area contributed by atoms with Crippen LogP contribution in [0.5, 0.6) is 0 Å². The summed E-state index contributed by atoms with van der Waals surface area (Å²) < 4.78 is 0. The van der Waals surface area contributed by atoms with Gasteiger partial charge in [-0.2, -0.15) is 0 Å². The fourth-order valence-electron chi connectivity index (χ4n) is 2.62. The van der Waals surface area contributed by atoms with E-state index in [-0.39, 0.29) is 0 Å². The van der Waals surface area contributed by atoms with Crippen molar-refractivity contribution in [2.24, 2.45) is 0 Å². The van der Waals surface area contributed by atoms with E-state index in [4.69, 9.17) is 17.0 Å². The quantitative estimate of drug-likeness (QED) is 0.541. The average Bonchev–Trinajstić information content (AvgIpc) is 2.80. The van der Waals surface area contributed by atoms with Crippen LogP contribution in [0.25, 0.3) is 6.08 Å². The summed E-state index contributed by atoms with van der Waals surface area (Å²) in [5.41, 5.74) is 7.69. The molecule has 0 heterocycles. The molecule has 0 atom stereocenters. The van der Waals surface area contributed by atoms with Crippen LogP contribution < -0.4 is 0 Å². The minimum atomic E-state index is -0.826. The molecule has 1 aliphatic rings. The van der Waals surface area contributed by atoms with Crippen LogP contribution in [-0.4, -0.2) is 0 Å². The van der Waals surface area contributed by atoms with E-state index in [1.165, 1.54) is 29.5 Å². The van der Waals surface area contributed by atoms with Gasteiger partial charge < -0.3 is 0 Å². The molecule has 0 unspecified atom stereocenters. The molecule has 0 saturated carbocycles. The van der Waals surface area contributed by atoms with E-state index in [2.05, 4.69) is 52.8 Å². The number of hydrogen-bond acceptors (Lipinski definition) is 0. The van der Waals surface area contributed by atoms with Crippen molar-refractivity contribution in [3.05, 3.63) is 40.0 Å². The average molecular weight is 391 g/mol. The predicted octanol–water partition coefficient (Wildman–Crippen LogP) is 6.66. The van der Waals surface area contributed by atoms with Crippen LogP contribution in [0.4, 0.5) is 0 Å². The zero-order valence-electron chi connectivity index (χ0n) is 13.1. The van der Waals surface area contributed by atoms with E-state index in [1.54, 1.807) is 11.1 Å². The zero-order chi connectivity index (χ0) is 15.3. The Morgan fingerprint density at radius 1 is 1.10 bits per heavy atom. The molecule has 0 fully saturated rings. The maximum atomic E-state index is 4.93. The van der Waals surface area contributed by atoms with E-state index >= 15 is 0 Å². The molecule has 1 aliphatic carbocycles. The Kier molecular flexibility index (Phi) is 8.10. The molecule has 1 aromatic carbocycles. The molecule has 0 saturated heterocycles. The number of hydrogen-bond donors (Lipinski definition) is 0. The topological polar surface area (TPSA) is 0 Å². The van der Waals surface area contributed by atoms with Gasteiger partial charge in [0.25, 0.3) is 0 Å². The second-order valence-electron chi connectivity index (χ2n) is 5.90. The van der Waals surface area contributed by atoms with E-state index in [1.807, 2.05) is 0 Å². The summed E-state index contributed by atoms with van der Waals surface area (Å²) >= 11 is -0.826. The van der Waals surface area contributed by atoms with Gasteiger partial charge in [0.05, 0.1) is 0 Å². The Balaban J connectivity index is 0.000000612. The molecule has 0 spiro atoms. The van der Waals surface area contributed by atoms with Crippen molar-refractivity contribution >= 4 is 23.1 Å². The van der Waals surface area contributed by atoms with Crippen LogP contribution in [0.2, 0.25) is 0 Å². The molecule has 110 valence electrons. The maximum absolute atomic E-state index is 4.93. The van der Waals surface area contributed by atoms with Crippen LogP contribution in [0, 0.1) is 0 Å². The van der Waals surface area contributed by atoms with Crippen molar-refractivity contribution in [1.82, 2.24) is 0 Å². The van der Waals surface area contributed by atoms with Gasteiger partial charge in [0.15, 0.2) is 0 Å². The Labute approximate surface area is 142 Å². The molecule has 0 radical (unpaired) electrons. The van der Waals surface area contributed by atoms with E-state index in [9.17, 15) is 0 Å². The first-order valence-electron chi connectivity index (χ1n) is 7.26. The van der Waals surface area contributed by atoms with Crippen molar-refractivity contribution < 1.29 is 20.8 Å². The molecule has 0 amide bonds. The first-order valence-corrected chi connectivity index (χ1v) is 13.6. The van der Waals surface area contributed by atoms with E-state index in [0.717, 1.165) is 0 Å². The molecule has 0 aliphatic heterocycles. The third-order valence-corrected chi connectivity index (χ3v) is 3.83. The molecule has 3 heteroatoms. The van der Waals surface area contributed by atoms with Gasteiger partial charge in [-0.1, -0.05) is 58.4 Å². The third-order valence-electron chi connectivity index (χ3n) is 3.83. The summed E-state index contributed by atoms with van der Waals surface area (Å²) in [4.78, 5) is 0. The molecule has 1 aromatic rings. The van der Waals surface area contributed by atoms with Gasteiger partial charge in [-0.25, -0.2) is 0 Å². The molecular formula is C17H24Cl2Zr. The molecule has 0 aromatic heterocycles. The van der Waals surface area contributed by atoms with Gasteiger partial charge in [-0.05, 0) is 46.9 Å². The summed E-state index contributed by atoms with van der Waals surface area (Å²) in [5, 5.41) is 0. The Morgan fingerprint density at radius 2 is 1.70 bits per heavy atom. The standard InChI is InChI=1S/C17H24.2ClH.Zr/c1-6-13-7-15-9-14(11(2)3)10-16(12(4)5)17(15)8-13;;;/h8-12H,6-7H2,1-5H3;2*1H;/q;;;+2/p-2. The molecule has 0 bridgehead atoms. The Morgan fingerprint density at radius 3 is 2.15 bits per heavy atom. The summed E-state index contributed by atoms with van der Waals surface area (Å²) in [6, 6.07) is 4.84. The van der Waals surface area contributed by atoms with Crippen molar-refractivity contribution in [3.8, 4) is 0 Å². The molecule has 0 N–H and O–H groups in total. The summed E-state index contributed by atoms with van der Waals surface area (Å²) in [7, 11) is 9.87.